The zero-order valence-corrected chi connectivity index (χ0v) is 17.2. The van der Waals surface area contributed by atoms with E-state index >= 15 is 0 Å². The van der Waals surface area contributed by atoms with E-state index in [2.05, 4.69) is 9.97 Å². The van der Waals surface area contributed by atoms with Crippen molar-refractivity contribution in [3.05, 3.63) is 83.5 Å². The third kappa shape index (κ3) is 9.15. The molecular weight excluding hydrogens is 513 g/mol. The lowest BCUT2D eigenvalue weighted by molar-refractivity contribution is -0.491. The molecule has 1 atom stereocenters. The van der Waals surface area contributed by atoms with Crippen molar-refractivity contribution in [1.29, 1.82) is 0 Å². The standard InChI is InChI=1S/C8H6ClF3N2O3.C8H4ClF3N2O2/c9-7-4(5(15)3-14(16)17)1-2-6(13-7)8(10,11)12;9-7-5(3-4-14(15)16)1-2-6(13-7)8(10,11)12/h1-2,5,15H,3H2;1-4H/b;4-3+. The maximum absolute atomic E-state index is 12.2. The van der Waals surface area contributed by atoms with E-state index in [1.807, 2.05) is 0 Å². The summed E-state index contributed by atoms with van der Waals surface area (Å²) in [5.41, 5.74) is -2.53. The molecule has 1 unspecified atom stereocenters. The second-order valence-corrected chi connectivity index (χ2v) is 6.50. The average molecular weight is 523 g/mol. The molecule has 180 valence electrons. The fourth-order valence-electron chi connectivity index (χ4n) is 1.96. The summed E-state index contributed by atoms with van der Waals surface area (Å²) in [4.78, 5) is 24.7. The average Bonchev–Trinajstić information content (AvgIpc) is 2.65. The van der Waals surface area contributed by atoms with Crippen molar-refractivity contribution in [1.82, 2.24) is 9.97 Å². The maximum atomic E-state index is 12.2. The molecule has 0 aliphatic rings. The summed E-state index contributed by atoms with van der Waals surface area (Å²) in [5.74, 6) is 0. The highest BCUT2D eigenvalue weighted by Crippen LogP contribution is 2.31. The van der Waals surface area contributed by atoms with Gasteiger partial charge in [0.2, 0.25) is 12.7 Å². The summed E-state index contributed by atoms with van der Waals surface area (Å²) < 4.78 is 73.2. The highest BCUT2D eigenvalue weighted by atomic mass is 35.5. The molecule has 2 aromatic heterocycles. The van der Waals surface area contributed by atoms with Crippen LogP contribution in [0.3, 0.4) is 0 Å². The first-order valence-corrected chi connectivity index (χ1v) is 8.87. The Morgan fingerprint density at radius 1 is 0.939 bits per heavy atom. The number of hydrogen-bond donors (Lipinski definition) is 1. The molecule has 0 amide bonds. The van der Waals surface area contributed by atoms with E-state index in [9.17, 15) is 51.7 Å². The van der Waals surface area contributed by atoms with Gasteiger partial charge in [0, 0.05) is 22.1 Å². The summed E-state index contributed by atoms with van der Waals surface area (Å²) in [6, 6.07) is 3.18. The lowest BCUT2D eigenvalue weighted by Crippen LogP contribution is -2.14. The lowest BCUT2D eigenvalue weighted by atomic mass is 10.1. The maximum Gasteiger partial charge on any atom is 0.433 e. The van der Waals surface area contributed by atoms with Crippen molar-refractivity contribution in [2.75, 3.05) is 6.54 Å². The number of alkyl halides is 6. The van der Waals surface area contributed by atoms with Crippen molar-refractivity contribution in [3.8, 4) is 0 Å². The zero-order chi connectivity index (χ0) is 25.6. The topological polar surface area (TPSA) is 132 Å². The van der Waals surface area contributed by atoms with Gasteiger partial charge in [-0.15, -0.1) is 0 Å². The van der Waals surface area contributed by atoms with Gasteiger partial charge in [0.1, 0.15) is 27.8 Å². The van der Waals surface area contributed by atoms with Crippen molar-refractivity contribution >= 4 is 29.3 Å². The van der Waals surface area contributed by atoms with Gasteiger partial charge in [0.05, 0.1) is 4.92 Å². The number of nitrogens with zero attached hydrogens (tertiary/aromatic N) is 4. The van der Waals surface area contributed by atoms with Crippen LogP contribution in [0.4, 0.5) is 26.3 Å². The van der Waals surface area contributed by atoms with Gasteiger partial charge in [0.25, 0.3) is 0 Å². The van der Waals surface area contributed by atoms with E-state index in [0.717, 1.165) is 18.2 Å². The molecule has 0 bridgehead atoms. The van der Waals surface area contributed by atoms with Gasteiger partial charge in [-0.3, -0.25) is 20.2 Å². The summed E-state index contributed by atoms with van der Waals surface area (Å²) in [5, 5.41) is 28.4. The highest BCUT2D eigenvalue weighted by Gasteiger charge is 2.34. The van der Waals surface area contributed by atoms with E-state index in [1.165, 1.54) is 0 Å². The fourth-order valence-corrected chi connectivity index (χ4v) is 2.46. The molecular formula is C16H10Cl2F6N4O5. The van der Waals surface area contributed by atoms with Gasteiger partial charge in [-0.2, -0.15) is 26.3 Å². The Morgan fingerprint density at radius 2 is 1.42 bits per heavy atom. The molecule has 0 fully saturated rings. The van der Waals surface area contributed by atoms with Crippen LogP contribution in [0.25, 0.3) is 6.08 Å². The minimum absolute atomic E-state index is 0.0476. The molecule has 0 saturated heterocycles. The first-order chi connectivity index (χ1) is 15.0. The lowest BCUT2D eigenvalue weighted by Gasteiger charge is -2.10. The third-order valence-electron chi connectivity index (χ3n) is 3.39. The zero-order valence-electron chi connectivity index (χ0n) is 15.6. The van der Waals surface area contributed by atoms with E-state index in [1.54, 1.807) is 0 Å². The second-order valence-electron chi connectivity index (χ2n) is 5.78. The molecule has 2 aromatic rings. The molecule has 0 aliphatic carbocycles. The SMILES string of the molecule is O=[N+]([O-])/C=C/c1ccc(C(F)(F)F)nc1Cl.O=[N+]([O-])CC(O)c1ccc(C(F)(F)F)nc1Cl. The predicted molar refractivity (Wildman–Crippen MR) is 101 cm³/mol. The Balaban J connectivity index is 0.000000331. The summed E-state index contributed by atoms with van der Waals surface area (Å²) >= 11 is 10.9. The number of halogens is 8. The molecule has 2 heterocycles. The molecule has 17 heteroatoms. The molecule has 1 N–H and O–H groups in total. The van der Waals surface area contributed by atoms with Crippen LogP contribution in [0.2, 0.25) is 10.3 Å². The van der Waals surface area contributed by atoms with Crippen LogP contribution in [-0.2, 0) is 12.4 Å². The summed E-state index contributed by atoms with van der Waals surface area (Å²) in [7, 11) is 0. The van der Waals surface area contributed by atoms with Crippen LogP contribution in [0.15, 0.2) is 30.5 Å². The van der Waals surface area contributed by atoms with Gasteiger partial charge >= 0.3 is 12.4 Å². The van der Waals surface area contributed by atoms with Crippen molar-refractivity contribution in [3.63, 3.8) is 0 Å². The molecule has 2 rings (SSSR count). The first kappa shape index (κ1) is 28.0. The fraction of sp³-hybridized carbons (Fsp3) is 0.250. The second kappa shape index (κ2) is 11.2. The van der Waals surface area contributed by atoms with Gasteiger partial charge < -0.3 is 5.11 Å². The van der Waals surface area contributed by atoms with Gasteiger partial charge in [0.15, 0.2) is 0 Å². The van der Waals surface area contributed by atoms with Crippen molar-refractivity contribution < 1.29 is 41.3 Å². The molecule has 0 radical (unpaired) electrons. The van der Waals surface area contributed by atoms with Crippen molar-refractivity contribution in [2.24, 2.45) is 0 Å². The van der Waals surface area contributed by atoms with Gasteiger partial charge in [-0.1, -0.05) is 29.3 Å². The smallest absolute Gasteiger partial charge is 0.381 e. The Morgan fingerprint density at radius 3 is 1.82 bits per heavy atom. The van der Waals surface area contributed by atoms with Crippen molar-refractivity contribution in [2.45, 2.75) is 18.5 Å². The van der Waals surface area contributed by atoms with Crippen LogP contribution < -0.4 is 0 Å². The number of aliphatic hydroxyl groups excluding tert-OH is 1. The van der Waals surface area contributed by atoms with Crippen LogP contribution in [-0.4, -0.2) is 31.5 Å². The van der Waals surface area contributed by atoms with E-state index in [4.69, 9.17) is 23.2 Å². The normalized spacial score (nSPS) is 12.8. The third-order valence-corrected chi connectivity index (χ3v) is 4.00. The minimum Gasteiger partial charge on any atom is -0.381 e. The molecule has 9 nitrogen and oxygen atoms in total. The number of nitro groups is 2. The molecule has 33 heavy (non-hydrogen) atoms. The molecule has 0 spiro atoms. The first-order valence-electron chi connectivity index (χ1n) is 8.11. The number of aromatic nitrogens is 2. The van der Waals surface area contributed by atoms with Crippen LogP contribution in [0, 0.1) is 20.2 Å². The largest absolute Gasteiger partial charge is 0.433 e. The van der Waals surface area contributed by atoms with Gasteiger partial charge in [-0.25, -0.2) is 9.97 Å². The van der Waals surface area contributed by atoms with Crippen LogP contribution in [0.5, 0.6) is 0 Å². The number of pyridine rings is 2. The molecule has 0 aromatic carbocycles. The minimum atomic E-state index is -4.66. The van der Waals surface area contributed by atoms with E-state index in [-0.39, 0.29) is 11.1 Å². The monoisotopic (exact) mass is 522 g/mol. The Kier molecular flexibility index (Phi) is 9.50. The van der Waals surface area contributed by atoms with Crippen LogP contribution in [0.1, 0.15) is 28.6 Å². The Hall–Kier alpha value is -3.04. The van der Waals surface area contributed by atoms with Gasteiger partial charge in [-0.05, 0) is 18.2 Å². The van der Waals surface area contributed by atoms with E-state index in [0.29, 0.717) is 18.3 Å². The van der Waals surface area contributed by atoms with E-state index < -0.39 is 56.5 Å². The number of hydrogen-bond acceptors (Lipinski definition) is 7. The van der Waals surface area contributed by atoms with Crippen LogP contribution >= 0.6 is 23.2 Å². The highest BCUT2D eigenvalue weighted by molar-refractivity contribution is 6.31. The summed E-state index contributed by atoms with van der Waals surface area (Å²) in [6.45, 7) is -0.854. The quantitative estimate of drug-likeness (QED) is 0.251. The Labute approximate surface area is 189 Å². The molecule has 0 saturated carbocycles. The summed E-state index contributed by atoms with van der Waals surface area (Å²) in [6.07, 6.45) is -9.30. The number of aliphatic hydroxyl groups is 1. The Bertz CT molecular complexity index is 1050. The predicted octanol–water partition coefficient (Wildman–Crippen LogP) is 5.07. The molecule has 0 aliphatic heterocycles. The number of rotatable bonds is 5.